The third-order valence-electron chi connectivity index (χ3n) is 2.47. The van der Waals surface area contributed by atoms with Crippen molar-refractivity contribution in [3.63, 3.8) is 0 Å². The minimum Gasteiger partial charge on any atom is -0.478 e. The van der Waals surface area contributed by atoms with Crippen molar-refractivity contribution >= 4 is 23.4 Å². The molecule has 0 bridgehead atoms. The van der Waals surface area contributed by atoms with Gasteiger partial charge in [0.05, 0.1) is 10.6 Å². The summed E-state index contributed by atoms with van der Waals surface area (Å²) in [5.74, 6) is 0.211. The highest BCUT2D eigenvalue weighted by Gasteiger charge is 2.11. The molecule has 0 aliphatic carbocycles. The fourth-order valence-corrected chi connectivity index (χ4v) is 1.70. The number of hydrogen-bond donors (Lipinski definition) is 1. The molecule has 0 radical (unpaired) electrons. The SMILES string of the molecule is CC(C)CCN(C)c1ncc(C(=O)O)cc1Cl. The number of halogens is 1. The van der Waals surface area contributed by atoms with E-state index in [-0.39, 0.29) is 5.56 Å². The molecule has 0 saturated carbocycles. The topological polar surface area (TPSA) is 53.4 Å². The second-order valence-electron chi connectivity index (χ2n) is 4.44. The van der Waals surface area contributed by atoms with Gasteiger partial charge in [0.25, 0.3) is 0 Å². The number of hydrogen-bond acceptors (Lipinski definition) is 3. The van der Waals surface area contributed by atoms with Gasteiger partial charge in [0.2, 0.25) is 0 Å². The van der Waals surface area contributed by atoms with Gasteiger partial charge in [-0.1, -0.05) is 25.4 Å². The fraction of sp³-hybridized carbons (Fsp3) is 0.500. The average Bonchev–Trinajstić information content (AvgIpc) is 2.25. The first-order valence-corrected chi connectivity index (χ1v) is 5.89. The van der Waals surface area contributed by atoms with E-state index < -0.39 is 5.97 Å². The lowest BCUT2D eigenvalue weighted by Gasteiger charge is -2.20. The Labute approximate surface area is 106 Å². The van der Waals surface area contributed by atoms with Crippen molar-refractivity contribution in [1.29, 1.82) is 0 Å². The van der Waals surface area contributed by atoms with Crippen molar-refractivity contribution < 1.29 is 9.90 Å². The summed E-state index contributed by atoms with van der Waals surface area (Å²) in [6.07, 6.45) is 2.37. The minimum atomic E-state index is -1.02. The number of aromatic carboxylic acids is 1. The van der Waals surface area contributed by atoms with Crippen LogP contribution in [0.2, 0.25) is 5.02 Å². The van der Waals surface area contributed by atoms with Crippen molar-refractivity contribution in [3.8, 4) is 0 Å². The van der Waals surface area contributed by atoms with E-state index in [1.54, 1.807) is 0 Å². The number of anilines is 1. The summed E-state index contributed by atoms with van der Waals surface area (Å²) in [7, 11) is 1.90. The molecule has 0 saturated heterocycles. The third-order valence-corrected chi connectivity index (χ3v) is 2.75. The van der Waals surface area contributed by atoms with Crippen LogP contribution in [0.4, 0.5) is 5.82 Å². The Kier molecular flexibility index (Phi) is 4.75. The maximum absolute atomic E-state index is 10.7. The highest BCUT2D eigenvalue weighted by atomic mass is 35.5. The lowest BCUT2D eigenvalue weighted by Crippen LogP contribution is -2.21. The Hall–Kier alpha value is -1.29. The van der Waals surface area contributed by atoms with Crippen molar-refractivity contribution in [2.75, 3.05) is 18.5 Å². The molecular weight excluding hydrogens is 240 g/mol. The first kappa shape index (κ1) is 13.8. The number of pyridine rings is 1. The summed E-state index contributed by atoms with van der Waals surface area (Å²) in [6, 6.07) is 1.43. The quantitative estimate of drug-likeness (QED) is 0.880. The zero-order valence-corrected chi connectivity index (χ0v) is 11.0. The molecular formula is C12H17ClN2O2. The molecule has 94 valence electrons. The van der Waals surface area contributed by atoms with Crippen molar-refractivity contribution in [1.82, 2.24) is 4.98 Å². The maximum atomic E-state index is 10.7. The second-order valence-corrected chi connectivity index (χ2v) is 4.85. The smallest absolute Gasteiger partial charge is 0.337 e. The molecule has 0 fully saturated rings. The number of nitrogens with zero attached hydrogens (tertiary/aromatic N) is 2. The van der Waals surface area contributed by atoms with Crippen LogP contribution in [-0.4, -0.2) is 29.7 Å². The molecule has 1 aromatic rings. The molecule has 0 aliphatic heterocycles. The van der Waals surface area contributed by atoms with Gasteiger partial charge in [-0.25, -0.2) is 9.78 Å². The molecule has 0 spiro atoms. The van der Waals surface area contributed by atoms with Gasteiger partial charge in [-0.15, -0.1) is 0 Å². The Morgan fingerprint density at radius 3 is 2.71 bits per heavy atom. The number of carbonyl (C=O) groups is 1. The Morgan fingerprint density at radius 1 is 1.59 bits per heavy atom. The molecule has 17 heavy (non-hydrogen) atoms. The van der Waals surface area contributed by atoms with Crippen LogP contribution in [0.1, 0.15) is 30.6 Å². The van der Waals surface area contributed by atoms with Gasteiger partial charge in [0, 0.05) is 19.8 Å². The third kappa shape index (κ3) is 3.89. The van der Waals surface area contributed by atoms with E-state index in [2.05, 4.69) is 18.8 Å². The highest BCUT2D eigenvalue weighted by Crippen LogP contribution is 2.23. The molecule has 0 atom stereocenters. The summed E-state index contributed by atoms with van der Waals surface area (Å²) in [5.41, 5.74) is 0.107. The van der Waals surface area contributed by atoms with Crippen molar-refractivity contribution in [2.45, 2.75) is 20.3 Å². The largest absolute Gasteiger partial charge is 0.478 e. The van der Waals surface area contributed by atoms with E-state index in [1.165, 1.54) is 12.3 Å². The molecule has 1 N–H and O–H groups in total. The van der Waals surface area contributed by atoms with E-state index in [4.69, 9.17) is 16.7 Å². The summed E-state index contributed by atoms with van der Waals surface area (Å²) >= 11 is 6.02. The number of carboxylic acids is 1. The van der Waals surface area contributed by atoms with Crippen LogP contribution in [0.15, 0.2) is 12.3 Å². The zero-order chi connectivity index (χ0) is 13.0. The number of carboxylic acid groups (broad SMARTS) is 1. The molecule has 0 aromatic carbocycles. The monoisotopic (exact) mass is 256 g/mol. The van der Waals surface area contributed by atoms with Gasteiger partial charge in [0.15, 0.2) is 0 Å². The summed E-state index contributed by atoms with van der Waals surface area (Å²) in [6.45, 7) is 5.14. The van der Waals surface area contributed by atoms with Gasteiger partial charge in [-0.3, -0.25) is 0 Å². The predicted octanol–water partition coefficient (Wildman–Crippen LogP) is 2.92. The Morgan fingerprint density at radius 2 is 2.24 bits per heavy atom. The second kappa shape index (κ2) is 5.87. The zero-order valence-electron chi connectivity index (χ0n) is 10.3. The van der Waals surface area contributed by atoms with Crippen molar-refractivity contribution in [3.05, 3.63) is 22.8 Å². The van der Waals surface area contributed by atoms with Crippen LogP contribution in [-0.2, 0) is 0 Å². The van der Waals surface area contributed by atoms with E-state index >= 15 is 0 Å². The van der Waals surface area contributed by atoms with Gasteiger partial charge in [-0.2, -0.15) is 0 Å². The standard InChI is InChI=1S/C12H17ClN2O2/c1-8(2)4-5-15(3)11-10(13)6-9(7-14-11)12(16)17/h6-8H,4-5H2,1-3H3,(H,16,17). The van der Waals surface area contributed by atoms with E-state index in [0.29, 0.717) is 16.8 Å². The molecule has 1 rings (SSSR count). The summed E-state index contributed by atoms with van der Waals surface area (Å²) in [4.78, 5) is 16.8. The highest BCUT2D eigenvalue weighted by molar-refractivity contribution is 6.33. The fourth-order valence-electron chi connectivity index (χ4n) is 1.39. The minimum absolute atomic E-state index is 0.107. The van der Waals surface area contributed by atoms with E-state index in [1.807, 2.05) is 11.9 Å². The lowest BCUT2D eigenvalue weighted by molar-refractivity contribution is 0.0696. The van der Waals surface area contributed by atoms with Crippen molar-refractivity contribution in [2.24, 2.45) is 5.92 Å². The van der Waals surface area contributed by atoms with Gasteiger partial charge in [0.1, 0.15) is 5.82 Å². The lowest BCUT2D eigenvalue weighted by atomic mass is 10.1. The van der Waals surface area contributed by atoms with Gasteiger partial charge >= 0.3 is 5.97 Å². The molecule has 0 unspecified atom stereocenters. The first-order chi connectivity index (χ1) is 7.91. The van der Waals surface area contributed by atoms with E-state index in [0.717, 1.165) is 13.0 Å². The molecule has 1 aromatic heterocycles. The number of aromatic nitrogens is 1. The van der Waals surface area contributed by atoms with Crippen LogP contribution >= 0.6 is 11.6 Å². The molecule has 5 heteroatoms. The van der Waals surface area contributed by atoms with Crippen LogP contribution in [0.3, 0.4) is 0 Å². The maximum Gasteiger partial charge on any atom is 0.337 e. The van der Waals surface area contributed by atoms with Crippen LogP contribution < -0.4 is 4.90 Å². The first-order valence-electron chi connectivity index (χ1n) is 5.51. The predicted molar refractivity (Wildman–Crippen MR) is 68.9 cm³/mol. The summed E-state index contributed by atoms with van der Waals surface area (Å²) in [5, 5.41) is 9.17. The van der Waals surface area contributed by atoms with Crippen LogP contribution in [0.25, 0.3) is 0 Å². The molecule has 0 aliphatic rings. The van der Waals surface area contributed by atoms with Gasteiger partial charge in [-0.05, 0) is 18.4 Å². The van der Waals surface area contributed by atoms with Crippen LogP contribution in [0.5, 0.6) is 0 Å². The van der Waals surface area contributed by atoms with Crippen LogP contribution in [0, 0.1) is 5.92 Å². The number of rotatable bonds is 5. The molecule has 4 nitrogen and oxygen atoms in total. The summed E-state index contributed by atoms with van der Waals surface area (Å²) < 4.78 is 0. The Bertz CT molecular complexity index is 407. The Balaban J connectivity index is 2.81. The molecule has 1 heterocycles. The molecule has 0 amide bonds. The van der Waals surface area contributed by atoms with E-state index in [9.17, 15) is 4.79 Å². The average molecular weight is 257 g/mol. The normalized spacial score (nSPS) is 10.6. The van der Waals surface area contributed by atoms with Gasteiger partial charge < -0.3 is 10.0 Å².